The molecule has 2 aliphatic carbocycles. The van der Waals surface area contributed by atoms with Gasteiger partial charge in [-0.15, -0.1) is 21.5 Å². The van der Waals surface area contributed by atoms with Crippen LogP contribution >= 0.6 is 11.3 Å². The van der Waals surface area contributed by atoms with Gasteiger partial charge in [0.05, 0.1) is 4.88 Å². The summed E-state index contributed by atoms with van der Waals surface area (Å²) in [6.07, 6.45) is 5.02. The number of carbonyl (C=O) groups excluding carboxylic acids is 1. The lowest BCUT2D eigenvalue weighted by molar-refractivity contribution is -0.123. The van der Waals surface area contributed by atoms with E-state index in [1.807, 2.05) is 17.5 Å². The monoisotopic (exact) mass is 303 g/mol. The van der Waals surface area contributed by atoms with Crippen LogP contribution in [0.15, 0.2) is 17.5 Å². The molecular weight excluding hydrogens is 286 g/mol. The minimum atomic E-state index is -0.00562. The molecule has 1 amide bonds. The number of thiophene rings is 1. The van der Waals surface area contributed by atoms with Crippen LogP contribution in [-0.2, 0) is 11.3 Å². The maximum atomic E-state index is 12.1. The zero-order valence-corrected chi connectivity index (χ0v) is 12.4. The number of hydrogen-bond donors (Lipinski definition) is 1. The van der Waals surface area contributed by atoms with Gasteiger partial charge in [0.15, 0.2) is 0 Å². The Hall–Kier alpha value is -1.76. The maximum absolute atomic E-state index is 12.1. The summed E-state index contributed by atoms with van der Waals surface area (Å²) in [6, 6.07) is 4.27. The van der Waals surface area contributed by atoms with E-state index in [2.05, 4.69) is 20.7 Å². The predicted octanol–water partition coefficient (Wildman–Crippen LogP) is 1.71. The largest absolute Gasteiger partial charge is 0.351 e. The molecule has 0 spiro atoms. The summed E-state index contributed by atoms with van der Waals surface area (Å²) in [7, 11) is 0. The number of amides is 1. The summed E-state index contributed by atoms with van der Waals surface area (Å²) < 4.78 is 0. The molecule has 21 heavy (non-hydrogen) atoms. The Morgan fingerprint density at radius 3 is 2.76 bits per heavy atom. The van der Waals surface area contributed by atoms with E-state index in [-0.39, 0.29) is 12.5 Å². The molecule has 2 fully saturated rings. The predicted molar refractivity (Wildman–Crippen MR) is 78.5 cm³/mol. The van der Waals surface area contributed by atoms with Crippen molar-refractivity contribution in [3.63, 3.8) is 0 Å². The fraction of sp³-hybridized carbons (Fsp3) is 0.571. The smallest absolute Gasteiger partial charge is 0.243 e. The Bertz CT molecular complexity index is 618. The highest BCUT2D eigenvalue weighted by Gasteiger charge is 2.42. The molecule has 1 N–H and O–H groups in total. The molecule has 0 saturated heterocycles. The van der Waals surface area contributed by atoms with E-state index in [1.54, 1.807) is 11.3 Å². The van der Waals surface area contributed by atoms with Gasteiger partial charge in [0.25, 0.3) is 0 Å². The van der Waals surface area contributed by atoms with Crippen LogP contribution in [0.4, 0.5) is 0 Å². The first kappa shape index (κ1) is 12.9. The average molecular weight is 303 g/mol. The van der Waals surface area contributed by atoms with Crippen LogP contribution in [0.2, 0.25) is 0 Å². The third kappa shape index (κ3) is 2.97. The van der Waals surface area contributed by atoms with Crippen molar-refractivity contribution in [1.82, 2.24) is 25.5 Å². The van der Waals surface area contributed by atoms with Crippen molar-refractivity contribution < 1.29 is 4.79 Å². The molecule has 0 aliphatic heterocycles. The Labute approximate surface area is 126 Å². The first-order chi connectivity index (χ1) is 10.3. The van der Waals surface area contributed by atoms with Crippen molar-refractivity contribution in [2.75, 3.05) is 0 Å². The van der Waals surface area contributed by atoms with Crippen molar-refractivity contribution in [2.24, 2.45) is 11.8 Å². The molecule has 0 atom stereocenters. The van der Waals surface area contributed by atoms with Gasteiger partial charge in [0.2, 0.25) is 11.7 Å². The fourth-order valence-corrected chi connectivity index (χ4v) is 3.35. The van der Waals surface area contributed by atoms with Crippen LogP contribution in [0.25, 0.3) is 10.7 Å². The highest BCUT2D eigenvalue weighted by Crippen LogP contribution is 2.44. The molecule has 2 aliphatic rings. The molecule has 4 rings (SSSR count). The van der Waals surface area contributed by atoms with E-state index in [0.29, 0.717) is 23.7 Å². The van der Waals surface area contributed by atoms with E-state index in [4.69, 9.17) is 0 Å². The third-order valence-corrected chi connectivity index (χ3v) is 4.93. The van der Waals surface area contributed by atoms with Gasteiger partial charge in [-0.25, -0.2) is 0 Å². The van der Waals surface area contributed by atoms with E-state index >= 15 is 0 Å². The molecule has 6 nitrogen and oxygen atoms in total. The Morgan fingerprint density at radius 2 is 2.14 bits per heavy atom. The molecular formula is C14H17N5OS. The summed E-state index contributed by atoms with van der Waals surface area (Å²) in [4.78, 5) is 14.5. The van der Waals surface area contributed by atoms with Gasteiger partial charge in [-0.1, -0.05) is 6.07 Å². The molecule has 7 heteroatoms. The van der Waals surface area contributed by atoms with E-state index in [1.165, 1.54) is 30.5 Å². The second-order valence-corrected chi connectivity index (χ2v) is 6.84. The zero-order valence-electron chi connectivity index (χ0n) is 11.6. The normalized spacial score (nSPS) is 18.1. The molecule has 2 saturated carbocycles. The van der Waals surface area contributed by atoms with Crippen LogP contribution in [0.1, 0.15) is 25.7 Å². The number of nitrogens with zero attached hydrogens (tertiary/aromatic N) is 4. The lowest BCUT2D eigenvalue weighted by atomic mass is 10.1. The first-order valence-corrected chi connectivity index (χ1v) is 8.28. The van der Waals surface area contributed by atoms with Crippen LogP contribution in [0.3, 0.4) is 0 Å². The van der Waals surface area contributed by atoms with Crippen molar-refractivity contribution in [2.45, 2.75) is 38.3 Å². The molecule has 110 valence electrons. The van der Waals surface area contributed by atoms with E-state index < -0.39 is 0 Å². The molecule has 2 aromatic rings. The van der Waals surface area contributed by atoms with E-state index in [9.17, 15) is 4.79 Å². The van der Waals surface area contributed by atoms with Crippen molar-refractivity contribution >= 4 is 17.2 Å². The van der Waals surface area contributed by atoms with Gasteiger partial charge in [-0.05, 0) is 54.2 Å². The average Bonchev–Trinajstić information content (AvgIpc) is 3.39. The molecule has 2 heterocycles. The SMILES string of the molecule is O=C(Cn1nnc(-c2cccs2)n1)NC(C1CC1)C1CC1. The van der Waals surface area contributed by atoms with Gasteiger partial charge in [0.1, 0.15) is 6.54 Å². The molecule has 0 bridgehead atoms. The summed E-state index contributed by atoms with van der Waals surface area (Å²) in [5, 5.41) is 17.4. The number of nitrogens with one attached hydrogen (secondary N) is 1. The van der Waals surface area contributed by atoms with Crippen molar-refractivity contribution in [1.29, 1.82) is 0 Å². The topological polar surface area (TPSA) is 72.7 Å². The highest BCUT2D eigenvalue weighted by atomic mass is 32.1. The quantitative estimate of drug-likeness (QED) is 0.881. The summed E-state index contributed by atoms with van der Waals surface area (Å²) in [5.41, 5.74) is 0. The second kappa shape index (κ2) is 5.22. The lowest BCUT2D eigenvalue weighted by Gasteiger charge is -2.17. The molecule has 0 radical (unpaired) electrons. The lowest BCUT2D eigenvalue weighted by Crippen LogP contribution is -2.40. The van der Waals surface area contributed by atoms with Gasteiger partial charge in [-0.3, -0.25) is 4.79 Å². The van der Waals surface area contributed by atoms with Gasteiger partial charge < -0.3 is 5.32 Å². The maximum Gasteiger partial charge on any atom is 0.243 e. The van der Waals surface area contributed by atoms with Crippen LogP contribution < -0.4 is 5.32 Å². The second-order valence-electron chi connectivity index (χ2n) is 5.89. The van der Waals surface area contributed by atoms with E-state index in [0.717, 1.165) is 4.88 Å². The third-order valence-electron chi connectivity index (χ3n) is 4.07. The number of rotatable bonds is 6. The highest BCUT2D eigenvalue weighted by molar-refractivity contribution is 7.13. The fourth-order valence-electron chi connectivity index (χ4n) is 2.71. The summed E-state index contributed by atoms with van der Waals surface area (Å²) in [6.45, 7) is 0.147. The van der Waals surface area contributed by atoms with Crippen molar-refractivity contribution in [3.05, 3.63) is 17.5 Å². The summed E-state index contributed by atoms with van der Waals surface area (Å²) >= 11 is 1.56. The zero-order chi connectivity index (χ0) is 14.2. The number of tetrazole rings is 1. The first-order valence-electron chi connectivity index (χ1n) is 7.40. The van der Waals surface area contributed by atoms with Crippen LogP contribution in [0, 0.1) is 11.8 Å². The Balaban J connectivity index is 1.38. The Morgan fingerprint density at radius 1 is 1.38 bits per heavy atom. The van der Waals surface area contributed by atoms with Gasteiger partial charge in [-0.2, -0.15) is 4.80 Å². The van der Waals surface area contributed by atoms with Gasteiger partial charge in [0, 0.05) is 6.04 Å². The number of hydrogen-bond acceptors (Lipinski definition) is 5. The number of aromatic nitrogens is 4. The van der Waals surface area contributed by atoms with Gasteiger partial charge >= 0.3 is 0 Å². The molecule has 2 aromatic heterocycles. The molecule has 0 unspecified atom stereocenters. The van der Waals surface area contributed by atoms with Crippen molar-refractivity contribution in [3.8, 4) is 10.7 Å². The molecule has 0 aromatic carbocycles. The standard InChI is InChI=1S/C14H17N5OS/c20-12(15-13(9-3-4-9)10-5-6-10)8-19-17-14(16-18-19)11-2-1-7-21-11/h1-2,7,9-10,13H,3-6,8H2,(H,15,20). The van der Waals surface area contributed by atoms with Crippen LogP contribution in [0.5, 0.6) is 0 Å². The Kier molecular flexibility index (Phi) is 3.21. The number of carbonyl (C=O) groups is 1. The van der Waals surface area contributed by atoms with Crippen LogP contribution in [-0.4, -0.2) is 32.2 Å². The summed E-state index contributed by atoms with van der Waals surface area (Å²) in [5.74, 6) is 1.98. The minimum Gasteiger partial charge on any atom is -0.351 e. The minimum absolute atomic E-state index is 0.00562.